The summed E-state index contributed by atoms with van der Waals surface area (Å²) in [6.45, 7) is 5.16. The fraction of sp³-hybridized carbons (Fsp3) is 0.562. The van der Waals surface area contributed by atoms with E-state index in [1.165, 1.54) is 8.61 Å². The summed E-state index contributed by atoms with van der Waals surface area (Å²) >= 11 is 0. The molecular formula is C16H24N6O2S. The van der Waals surface area contributed by atoms with Gasteiger partial charge in [-0.1, -0.05) is 0 Å². The lowest BCUT2D eigenvalue weighted by atomic mass is 10.2. The van der Waals surface area contributed by atoms with Crippen LogP contribution in [0.2, 0.25) is 0 Å². The monoisotopic (exact) mass is 364 g/mol. The molecule has 0 spiro atoms. The Morgan fingerprint density at radius 3 is 2.76 bits per heavy atom. The molecule has 1 aliphatic heterocycles. The van der Waals surface area contributed by atoms with E-state index in [-0.39, 0.29) is 6.04 Å². The molecule has 1 fully saturated rings. The Hall–Kier alpha value is -1.84. The zero-order valence-corrected chi connectivity index (χ0v) is 15.9. The molecule has 2 aromatic rings. The number of hydrogen-bond acceptors (Lipinski definition) is 5. The molecule has 1 aliphatic rings. The number of aryl methyl sites for hydroxylation is 2. The topological polar surface area (TPSA) is 84.2 Å². The van der Waals surface area contributed by atoms with E-state index in [2.05, 4.69) is 10.1 Å². The molecule has 3 heterocycles. The first-order chi connectivity index (χ1) is 11.8. The molecule has 0 N–H and O–H groups in total. The molecule has 0 radical (unpaired) electrons. The van der Waals surface area contributed by atoms with Crippen LogP contribution < -0.4 is 0 Å². The van der Waals surface area contributed by atoms with Crippen molar-refractivity contribution in [1.82, 2.24) is 28.4 Å². The van der Waals surface area contributed by atoms with Gasteiger partial charge in [0.15, 0.2) is 0 Å². The molecule has 0 saturated carbocycles. The summed E-state index contributed by atoms with van der Waals surface area (Å²) in [6.07, 6.45) is 3.27. The molecule has 0 unspecified atom stereocenters. The maximum absolute atomic E-state index is 12.6. The first-order valence-electron chi connectivity index (χ1n) is 8.41. The lowest BCUT2D eigenvalue weighted by Gasteiger charge is -2.26. The van der Waals surface area contributed by atoms with Crippen molar-refractivity contribution in [3.63, 3.8) is 0 Å². The van der Waals surface area contributed by atoms with Crippen molar-refractivity contribution in [2.75, 3.05) is 20.6 Å². The second-order valence-electron chi connectivity index (χ2n) is 6.34. The van der Waals surface area contributed by atoms with E-state index in [9.17, 15) is 8.42 Å². The van der Waals surface area contributed by atoms with Crippen molar-refractivity contribution in [3.8, 4) is 11.4 Å². The Bertz CT molecular complexity index is 861. The van der Waals surface area contributed by atoms with Crippen molar-refractivity contribution < 1.29 is 8.42 Å². The van der Waals surface area contributed by atoms with Crippen LogP contribution in [0.1, 0.15) is 37.3 Å². The lowest BCUT2D eigenvalue weighted by Crippen LogP contribution is -2.40. The van der Waals surface area contributed by atoms with Crippen molar-refractivity contribution >= 4 is 10.2 Å². The van der Waals surface area contributed by atoms with Crippen LogP contribution in [0.3, 0.4) is 0 Å². The second-order valence-corrected chi connectivity index (χ2v) is 8.44. The number of aromatic nitrogens is 4. The molecule has 8 nitrogen and oxygen atoms in total. The zero-order valence-electron chi connectivity index (χ0n) is 15.0. The van der Waals surface area contributed by atoms with Crippen LogP contribution in [0, 0.1) is 6.92 Å². The van der Waals surface area contributed by atoms with E-state index >= 15 is 0 Å². The largest absolute Gasteiger partial charge is 0.282 e. The Balaban J connectivity index is 2.03. The summed E-state index contributed by atoms with van der Waals surface area (Å²) < 4.78 is 29.8. The van der Waals surface area contributed by atoms with Crippen LogP contribution in [0.4, 0.5) is 0 Å². The Labute approximate surface area is 148 Å². The molecule has 0 aromatic carbocycles. The van der Waals surface area contributed by atoms with Crippen LogP contribution in [0.25, 0.3) is 11.4 Å². The molecule has 1 atom stereocenters. The van der Waals surface area contributed by atoms with Gasteiger partial charge >= 0.3 is 0 Å². The van der Waals surface area contributed by atoms with E-state index in [1.807, 2.05) is 30.7 Å². The fourth-order valence-corrected chi connectivity index (χ4v) is 4.46. The predicted octanol–water partition coefficient (Wildman–Crippen LogP) is 1.61. The minimum Gasteiger partial charge on any atom is -0.264 e. The highest BCUT2D eigenvalue weighted by molar-refractivity contribution is 7.86. The van der Waals surface area contributed by atoms with Gasteiger partial charge < -0.3 is 0 Å². The number of hydrogen-bond donors (Lipinski definition) is 0. The molecule has 0 aliphatic carbocycles. The normalized spacial score (nSPS) is 19.0. The van der Waals surface area contributed by atoms with Gasteiger partial charge in [-0.2, -0.15) is 22.1 Å². The average Bonchev–Trinajstić information content (AvgIpc) is 3.23. The highest BCUT2D eigenvalue weighted by Crippen LogP contribution is 2.34. The van der Waals surface area contributed by atoms with Gasteiger partial charge in [0, 0.05) is 39.1 Å². The van der Waals surface area contributed by atoms with Gasteiger partial charge in [-0.15, -0.1) is 0 Å². The SMILES string of the molecule is CCn1nccc1-c1cc(C)nc([C@H]2CCCN2S(=O)(=O)N(C)C)n1. The molecule has 1 saturated heterocycles. The van der Waals surface area contributed by atoms with Crippen LogP contribution >= 0.6 is 0 Å². The summed E-state index contributed by atoms with van der Waals surface area (Å²) in [5.74, 6) is 0.557. The maximum atomic E-state index is 12.6. The third kappa shape index (κ3) is 3.31. The van der Waals surface area contributed by atoms with Gasteiger partial charge in [0.05, 0.1) is 17.4 Å². The molecular weight excluding hydrogens is 340 g/mol. The van der Waals surface area contributed by atoms with Crippen LogP contribution in [0.5, 0.6) is 0 Å². The summed E-state index contributed by atoms with van der Waals surface area (Å²) in [7, 11) is -0.400. The van der Waals surface area contributed by atoms with Crippen LogP contribution in [-0.4, -0.2) is 57.4 Å². The first kappa shape index (κ1) is 18.0. The second kappa shape index (κ2) is 6.81. The van der Waals surface area contributed by atoms with Crippen LogP contribution in [-0.2, 0) is 16.8 Å². The van der Waals surface area contributed by atoms with Crippen LogP contribution in [0.15, 0.2) is 18.3 Å². The minimum absolute atomic E-state index is 0.330. The van der Waals surface area contributed by atoms with Gasteiger partial charge in [0.2, 0.25) is 0 Å². The molecule has 136 valence electrons. The van der Waals surface area contributed by atoms with E-state index in [1.54, 1.807) is 20.3 Å². The highest BCUT2D eigenvalue weighted by atomic mass is 32.2. The van der Waals surface area contributed by atoms with Gasteiger partial charge in [0.25, 0.3) is 10.2 Å². The third-order valence-corrected chi connectivity index (χ3v) is 6.36. The van der Waals surface area contributed by atoms with E-state index in [4.69, 9.17) is 4.98 Å². The fourth-order valence-electron chi connectivity index (χ4n) is 3.16. The lowest BCUT2D eigenvalue weighted by molar-refractivity contribution is 0.352. The molecule has 9 heteroatoms. The Kier molecular flexibility index (Phi) is 4.90. The number of rotatable bonds is 5. The van der Waals surface area contributed by atoms with E-state index in [0.29, 0.717) is 12.4 Å². The van der Waals surface area contributed by atoms with Gasteiger partial charge in [0.1, 0.15) is 5.82 Å². The Morgan fingerprint density at radius 2 is 2.08 bits per heavy atom. The van der Waals surface area contributed by atoms with Crippen molar-refractivity contribution in [1.29, 1.82) is 0 Å². The Morgan fingerprint density at radius 1 is 1.32 bits per heavy atom. The molecule has 3 rings (SSSR count). The predicted molar refractivity (Wildman–Crippen MR) is 95.0 cm³/mol. The maximum Gasteiger partial charge on any atom is 0.282 e. The zero-order chi connectivity index (χ0) is 18.2. The quantitative estimate of drug-likeness (QED) is 0.805. The van der Waals surface area contributed by atoms with Gasteiger partial charge in [-0.25, -0.2) is 9.97 Å². The summed E-state index contributed by atoms with van der Waals surface area (Å²) in [5, 5.41) is 4.29. The minimum atomic E-state index is -3.50. The summed E-state index contributed by atoms with van der Waals surface area (Å²) in [4.78, 5) is 9.23. The summed E-state index contributed by atoms with van der Waals surface area (Å²) in [5.41, 5.74) is 2.50. The molecule has 0 amide bonds. The van der Waals surface area contributed by atoms with Gasteiger partial charge in [-0.05, 0) is 38.8 Å². The smallest absolute Gasteiger partial charge is 0.264 e. The molecule has 25 heavy (non-hydrogen) atoms. The highest BCUT2D eigenvalue weighted by Gasteiger charge is 2.38. The first-order valence-corrected chi connectivity index (χ1v) is 9.81. The third-order valence-electron chi connectivity index (χ3n) is 4.41. The van der Waals surface area contributed by atoms with Crippen molar-refractivity contribution in [2.45, 2.75) is 39.3 Å². The summed E-state index contributed by atoms with van der Waals surface area (Å²) in [6, 6.07) is 3.49. The van der Waals surface area contributed by atoms with E-state index < -0.39 is 10.2 Å². The van der Waals surface area contributed by atoms with Gasteiger partial charge in [-0.3, -0.25) is 4.68 Å². The standard InChI is InChI=1S/C16H24N6O2S/c1-5-21-14(8-9-17-21)13-11-12(2)18-16(19-13)15-7-6-10-22(15)25(23,24)20(3)4/h8-9,11,15H,5-7,10H2,1-4H3/t15-/m1/s1. The van der Waals surface area contributed by atoms with E-state index in [0.717, 1.165) is 36.5 Å². The van der Waals surface area contributed by atoms with Crippen molar-refractivity contribution in [2.24, 2.45) is 0 Å². The average molecular weight is 364 g/mol. The number of nitrogens with zero attached hydrogens (tertiary/aromatic N) is 6. The van der Waals surface area contributed by atoms with Crippen molar-refractivity contribution in [3.05, 3.63) is 29.8 Å². The molecule has 0 bridgehead atoms. The molecule has 2 aromatic heterocycles.